The van der Waals surface area contributed by atoms with Crippen LogP contribution in [-0.4, -0.2) is 32.0 Å². The van der Waals surface area contributed by atoms with Crippen molar-refractivity contribution in [3.05, 3.63) is 47.5 Å². The molecule has 0 heterocycles. The minimum atomic E-state index is -0.00127. The maximum absolute atomic E-state index is 6.10. The van der Waals surface area contributed by atoms with E-state index in [0.717, 1.165) is 5.69 Å². The van der Waals surface area contributed by atoms with Gasteiger partial charge in [0.05, 0.1) is 25.3 Å². The third kappa shape index (κ3) is 5.69. The van der Waals surface area contributed by atoms with E-state index in [4.69, 9.17) is 38.0 Å². The number of halogens is 1. The maximum Gasteiger partial charge on any atom is 0.171 e. The maximum atomic E-state index is 6.10. The van der Waals surface area contributed by atoms with Crippen molar-refractivity contribution in [1.82, 2.24) is 5.32 Å². The molecule has 25 heavy (non-hydrogen) atoms. The summed E-state index contributed by atoms with van der Waals surface area (Å²) in [5.74, 6) is 2.01. The molecule has 0 spiro atoms. The SMILES string of the molecule is COc1ccc(NC(=S)NC(C)COc2ccccc2OC)cc1Cl. The van der Waals surface area contributed by atoms with Crippen molar-refractivity contribution >= 4 is 34.6 Å². The number of rotatable bonds is 7. The Morgan fingerprint density at radius 3 is 2.40 bits per heavy atom. The van der Waals surface area contributed by atoms with Crippen LogP contribution in [0.1, 0.15) is 6.92 Å². The summed E-state index contributed by atoms with van der Waals surface area (Å²) in [5.41, 5.74) is 0.779. The van der Waals surface area contributed by atoms with Crippen LogP contribution in [0.3, 0.4) is 0 Å². The topological polar surface area (TPSA) is 51.8 Å². The van der Waals surface area contributed by atoms with Gasteiger partial charge in [-0.3, -0.25) is 0 Å². The lowest BCUT2D eigenvalue weighted by molar-refractivity contribution is 0.270. The molecule has 134 valence electrons. The van der Waals surface area contributed by atoms with Crippen LogP contribution in [-0.2, 0) is 0 Å². The number of hydrogen-bond donors (Lipinski definition) is 2. The van der Waals surface area contributed by atoms with E-state index < -0.39 is 0 Å². The van der Waals surface area contributed by atoms with Crippen molar-refractivity contribution in [3.63, 3.8) is 0 Å². The summed E-state index contributed by atoms with van der Waals surface area (Å²) in [5, 5.41) is 7.25. The van der Waals surface area contributed by atoms with Gasteiger partial charge >= 0.3 is 0 Å². The monoisotopic (exact) mass is 380 g/mol. The molecule has 0 amide bonds. The second-order valence-corrected chi connectivity index (χ2v) is 6.13. The van der Waals surface area contributed by atoms with Crippen molar-refractivity contribution in [2.24, 2.45) is 0 Å². The standard InChI is InChI=1S/C18H21ClN2O3S/c1-12(11-24-17-7-5-4-6-16(17)23-3)20-18(25)21-13-8-9-15(22-2)14(19)10-13/h4-10,12H,11H2,1-3H3,(H2,20,21,25). The molecule has 0 aliphatic heterocycles. The van der Waals surface area contributed by atoms with E-state index in [0.29, 0.717) is 34.0 Å². The van der Waals surface area contributed by atoms with Crippen LogP contribution < -0.4 is 24.8 Å². The predicted octanol–water partition coefficient (Wildman–Crippen LogP) is 4.11. The number of para-hydroxylation sites is 2. The van der Waals surface area contributed by atoms with Crippen LogP contribution in [0.25, 0.3) is 0 Å². The molecule has 0 aliphatic rings. The number of nitrogens with one attached hydrogen (secondary N) is 2. The van der Waals surface area contributed by atoms with Crippen LogP contribution in [0.15, 0.2) is 42.5 Å². The summed E-state index contributed by atoms with van der Waals surface area (Å²) in [6, 6.07) is 12.9. The van der Waals surface area contributed by atoms with Gasteiger partial charge in [-0.2, -0.15) is 0 Å². The molecule has 0 saturated heterocycles. The first-order valence-electron chi connectivity index (χ1n) is 7.70. The van der Waals surface area contributed by atoms with Gasteiger partial charge in [0.15, 0.2) is 16.6 Å². The highest BCUT2D eigenvalue weighted by molar-refractivity contribution is 7.80. The quantitative estimate of drug-likeness (QED) is 0.705. The molecular weight excluding hydrogens is 360 g/mol. The molecule has 0 aliphatic carbocycles. The summed E-state index contributed by atoms with van der Waals surface area (Å²) >= 11 is 11.4. The number of methoxy groups -OCH3 is 2. The molecule has 0 fully saturated rings. The van der Waals surface area contributed by atoms with E-state index in [9.17, 15) is 0 Å². The van der Waals surface area contributed by atoms with Crippen molar-refractivity contribution in [1.29, 1.82) is 0 Å². The smallest absolute Gasteiger partial charge is 0.171 e. The van der Waals surface area contributed by atoms with Gasteiger partial charge in [-0.25, -0.2) is 0 Å². The lowest BCUT2D eigenvalue weighted by Gasteiger charge is -2.18. The van der Waals surface area contributed by atoms with Gasteiger partial charge in [-0.1, -0.05) is 23.7 Å². The fourth-order valence-corrected chi connectivity index (χ4v) is 2.71. The number of hydrogen-bond acceptors (Lipinski definition) is 4. The molecule has 7 heteroatoms. The van der Waals surface area contributed by atoms with Crippen LogP contribution in [0.4, 0.5) is 5.69 Å². The Kier molecular flexibility index (Phi) is 7.16. The van der Waals surface area contributed by atoms with Crippen LogP contribution in [0, 0.1) is 0 Å². The highest BCUT2D eigenvalue weighted by Crippen LogP contribution is 2.27. The average Bonchev–Trinajstić information content (AvgIpc) is 2.60. The van der Waals surface area contributed by atoms with E-state index in [1.807, 2.05) is 37.3 Å². The fourth-order valence-electron chi connectivity index (χ4n) is 2.13. The normalized spacial score (nSPS) is 11.4. The number of thiocarbonyl (C=S) groups is 1. The van der Waals surface area contributed by atoms with Crippen molar-refractivity contribution in [2.75, 3.05) is 26.1 Å². The van der Waals surface area contributed by atoms with Gasteiger partial charge in [0.1, 0.15) is 12.4 Å². The van der Waals surface area contributed by atoms with Gasteiger partial charge < -0.3 is 24.8 Å². The van der Waals surface area contributed by atoms with Gasteiger partial charge in [-0.05, 0) is 49.5 Å². The van der Waals surface area contributed by atoms with E-state index in [2.05, 4.69) is 10.6 Å². The molecule has 0 aromatic heterocycles. The summed E-state index contributed by atoms with van der Waals surface area (Å²) in [4.78, 5) is 0. The Hall–Kier alpha value is -2.18. The molecule has 0 bridgehead atoms. The molecular formula is C18H21ClN2O3S. The average molecular weight is 381 g/mol. The number of benzene rings is 2. The zero-order valence-corrected chi connectivity index (χ0v) is 15.9. The minimum Gasteiger partial charge on any atom is -0.495 e. The number of ether oxygens (including phenoxy) is 3. The van der Waals surface area contributed by atoms with E-state index in [1.54, 1.807) is 26.4 Å². The van der Waals surface area contributed by atoms with Crippen molar-refractivity contribution in [2.45, 2.75) is 13.0 Å². The summed E-state index contributed by atoms with van der Waals surface area (Å²) in [6.07, 6.45) is 0. The lowest BCUT2D eigenvalue weighted by atomic mass is 10.3. The summed E-state index contributed by atoms with van der Waals surface area (Å²) in [6.45, 7) is 2.41. The molecule has 2 aromatic rings. The highest BCUT2D eigenvalue weighted by Gasteiger charge is 2.09. The van der Waals surface area contributed by atoms with Gasteiger partial charge in [0, 0.05) is 5.69 Å². The molecule has 1 atom stereocenters. The third-order valence-electron chi connectivity index (χ3n) is 3.35. The van der Waals surface area contributed by atoms with Crippen molar-refractivity contribution in [3.8, 4) is 17.2 Å². The van der Waals surface area contributed by atoms with Gasteiger partial charge in [0.2, 0.25) is 0 Å². The van der Waals surface area contributed by atoms with Crippen LogP contribution in [0.5, 0.6) is 17.2 Å². The van der Waals surface area contributed by atoms with E-state index in [-0.39, 0.29) is 6.04 Å². The molecule has 0 radical (unpaired) electrons. The fraction of sp³-hybridized carbons (Fsp3) is 0.278. The first kappa shape index (κ1) is 19.1. The Labute approximate surface area is 158 Å². The third-order valence-corrected chi connectivity index (χ3v) is 3.86. The summed E-state index contributed by atoms with van der Waals surface area (Å²) < 4.78 is 16.2. The van der Waals surface area contributed by atoms with Crippen LogP contribution >= 0.6 is 23.8 Å². The van der Waals surface area contributed by atoms with Crippen molar-refractivity contribution < 1.29 is 14.2 Å². The lowest BCUT2D eigenvalue weighted by Crippen LogP contribution is -2.39. The molecule has 1 unspecified atom stereocenters. The Morgan fingerprint density at radius 2 is 1.76 bits per heavy atom. The largest absolute Gasteiger partial charge is 0.495 e. The Morgan fingerprint density at radius 1 is 1.08 bits per heavy atom. The first-order chi connectivity index (χ1) is 12.0. The molecule has 2 aromatic carbocycles. The number of anilines is 1. The minimum absolute atomic E-state index is 0.00127. The zero-order valence-electron chi connectivity index (χ0n) is 14.3. The van der Waals surface area contributed by atoms with Gasteiger partial charge in [-0.15, -0.1) is 0 Å². The van der Waals surface area contributed by atoms with E-state index >= 15 is 0 Å². The zero-order chi connectivity index (χ0) is 18.2. The highest BCUT2D eigenvalue weighted by atomic mass is 35.5. The second kappa shape index (κ2) is 9.34. The van der Waals surface area contributed by atoms with Crippen LogP contribution in [0.2, 0.25) is 5.02 Å². The molecule has 0 saturated carbocycles. The van der Waals surface area contributed by atoms with E-state index in [1.165, 1.54) is 0 Å². The Bertz CT molecular complexity index is 727. The molecule has 2 rings (SSSR count). The van der Waals surface area contributed by atoms with Gasteiger partial charge in [0.25, 0.3) is 0 Å². The second-order valence-electron chi connectivity index (χ2n) is 5.31. The Balaban J connectivity index is 1.84. The predicted molar refractivity (Wildman–Crippen MR) is 105 cm³/mol. The summed E-state index contributed by atoms with van der Waals surface area (Å²) in [7, 11) is 3.19. The molecule has 2 N–H and O–H groups in total. The molecule has 5 nitrogen and oxygen atoms in total. The first-order valence-corrected chi connectivity index (χ1v) is 8.49.